The van der Waals surface area contributed by atoms with Gasteiger partial charge in [-0.25, -0.2) is 18.6 Å². The lowest BCUT2D eigenvalue weighted by atomic mass is 10.1. The topological polar surface area (TPSA) is 96.3 Å². The van der Waals surface area contributed by atoms with Gasteiger partial charge in [0.15, 0.2) is 12.1 Å². The molecule has 0 aliphatic heterocycles. The highest BCUT2D eigenvalue weighted by Gasteiger charge is 2.23. The van der Waals surface area contributed by atoms with E-state index in [1.165, 1.54) is 6.07 Å². The molecule has 26 heavy (non-hydrogen) atoms. The van der Waals surface area contributed by atoms with Gasteiger partial charge in [0, 0.05) is 24.7 Å². The molecular weight excluding hydrogens is 346 g/mol. The summed E-state index contributed by atoms with van der Waals surface area (Å²) in [5, 5.41) is 7.86. The lowest BCUT2D eigenvalue weighted by Crippen LogP contribution is -2.43. The summed E-state index contributed by atoms with van der Waals surface area (Å²) in [7, 11) is 0. The third-order valence-corrected chi connectivity index (χ3v) is 4.02. The van der Waals surface area contributed by atoms with Gasteiger partial charge < -0.3 is 20.4 Å². The Morgan fingerprint density at radius 2 is 2.08 bits per heavy atom. The minimum absolute atomic E-state index is 0.00991. The van der Waals surface area contributed by atoms with Crippen molar-refractivity contribution in [2.45, 2.75) is 18.9 Å². The number of amides is 3. The van der Waals surface area contributed by atoms with Gasteiger partial charge in [-0.1, -0.05) is 6.07 Å². The predicted octanol–water partition coefficient (Wildman–Crippen LogP) is 2.13. The van der Waals surface area contributed by atoms with E-state index in [0.717, 1.165) is 37.6 Å². The number of carbonyl (C=O) groups is 2. The number of nitrogens with one attached hydrogen (secondary N) is 3. The van der Waals surface area contributed by atoms with Gasteiger partial charge in [-0.2, -0.15) is 0 Å². The molecule has 1 unspecified atom stereocenters. The molecule has 7 nitrogen and oxygen atoms in total. The molecule has 1 aliphatic carbocycles. The highest BCUT2D eigenvalue weighted by Crippen LogP contribution is 2.27. The third-order valence-electron chi connectivity index (χ3n) is 4.02. The third kappa shape index (κ3) is 4.78. The maximum Gasteiger partial charge on any atom is 0.314 e. The van der Waals surface area contributed by atoms with Crippen LogP contribution in [0.5, 0.6) is 0 Å². The molecule has 1 aromatic carbocycles. The average Bonchev–Trinajstić information content (AvgIpc) is 3.27. The van der Waals surface area contributed by atoms with Crippen molar-refractivity contribution in [3.05, 3.63) is 53.7 Å². The summed E-state index contributed by atoms with van der Waals surface area (Å²) in [6.45, 7) is 0.495. The number of nitrogens with zero attached hydrogens (tertiary/aromatic N) is 1. The molecule has 3 amide bonds. The van der Waals surface area contributed by atoms with Crippen LogP contribution in [0.15, 0.2) is 35.3 Å². The summed E-state index contributed by atoms with van der Waals surface area (Å²) < 4.78 is 32.0. The summed E-state index contributed by atoms with van der Waals surface area (Å²) in [6.07, 6.45) is 4.42. The van der Waals surface area contributed by atoms with Gasteiger partial charge >= 0.3 is 6.03 Å². The van der Waals surface area contributed by atoms with Crippen LogP contribution in [0.1, 0.15) is 34.9 Å². The molecule has 3 N–H and O–H groups in total. The Hall–Kier alpha value is -2.97. The first kappa shape index (κ1) is 17.8. The average molecular weight is 364 g/mol. The van der Waals surface area contributed by atoms with E-state index in [2.05, 4.69) is 20.9 Å². The number of halogens is 2. The second kappa shape index (κ2) is 7.94. The van der Waals surface area contributed by atoms with Crippen molar-refractivity contribution in [3.8, 4) is 0 Å². The maximum atomic E-state index is 14.1. The van der Waals surface area contributed by atoms with Gasteiger partial charge in [0.25, 0.3) is 5.91 Å². The molecule has 138 valence electrons. The SMILES string of the molecule is O=C(NCC1CC1)NCC(NC(=O)c1cocn1)c1ccc(F)cc1F. The Morgan fingerprint density at radius 1 is 1.27 bits per heavy atom. The number of urea groups is 1. The molecule has 0 saturated heterocycles. The van der Waals surface area contributed by atoms with Crippen molar-refractivity contribution >= 4 is 11.9 Å². The number of hydrogen-bond donors (Lipinski definition) is 3. The van der Waals surface area contributed by atoms with Crippen molar-refractivity contribution in [1.82, 2.24) is 20.9 Å². The van der Waals surface area contributed by atoms with Gasteiger partial charge in [0.2, 0.25) is 0 Å². The van der Waals surface area contributed by atoms with Crippen LogP contribution in [-0.4, -0.2) is 30.0 Å². The molecule has 0 radical (unpaired) electrons. The molecule has 1 heterocycles. The van der Waals surface area contributed by atoms with Crippen molar-refractivity contribution in [2.75, 3.05) is 13.1 Å². The fourth-order valence-corrected chi connectivity index (χ4v) is 2.40. The van der Waals surface area contributed by atoms with Gasteiger partial charge in [-0.15, -0.1) is 0 Å². The van der Waals surface area contributed by atoms with Crippen LogP contribution >= 0.6 is 0 Å². The van der Waals surface area contributed by atoms with Crippen LogP contribution in [0.2, 0.25) is 0 Å². The molecule has 0 bridgehead atoms. The molecule has 1 atom stereocenters. The molecule has 3 rings (SSSR count). The van der Waals surface area contributed by atoms with E-state index in [1.54, 1.807) is 0 Å². The fourth-order valence-electron chi connectivity index (χ4n) is 2.40. The molecular formula is C17H18F2N4O3. The van der Waals surface area contributed by atoms with Crippen LogP contribution in [0.3, 0.4) is 0 Å². The van der Waals surface area contributed by atoms with Crippen LogP contribution in [0.25, 0.3) is 0 Å². The van der Waals surface area contributed by atoms with E-state index in [0.29, 0.717) is 12.5 Å². The number of hydrogen-bond acceptors (Lipinski definition) is 4. The van der Waals surface area contributed by atoms with Crippen LogP contribution in [0.4, 0.5) is 13.6 Å². The van der Waals surface area contributed by atoms with Crippen molar-refractivity contribution in [1.29, 1.82) is 0 Å². The summed E-state index contributed by atoms with van der Waals surface area (Å²) in [5.41, 5.74) is 0.0569. The standard InChI is InChI=1S/C17H18F2N4O3/c18-11-3-4-12(13(19)5-11)14(23-16(24)15-8-26-9-22-15)7-21-17(25)20-6-10-1-2-10/h3-5,8-10,14H,1-2,6-7H2,(H,23,24)(H2,20,21,25). The first-order valence-electron chi connectivity index (χ1n) is 8.18. The molecule has 9 heteroatoms. The molecule has 0 spiro atoms. The molecule has 1 aromatic heterocycles. The predicted molar refractivity (Wildman–Crippen MR) is 87.2 cm³/mol. The Bertz CT molecular complexity index is 778. The lowest BCUT2D eigenvalue weighted by molar-refractivity contribution is 0.0930. The van der Waals surface area contributed by atoms with Crippen molar-refractivity contribution < 1.29 is 22.8 Å². The largest absolute Gasteiger partial charge is 0.451 e. The van der Waals surface area contributed by atoms with E-state index < -0.39 is 29.6 Å². The first-order valence-corrected chi connectivity index (χ1v) is 8.18. The zero-order chi connectivity index (χ0) is 18.5. The molecule has 1 aliphatic rings. The molecule has 1 saturated carbocycles. The minimum atomic E-state index is -0.911. The second-order valence-electron chi connectivity index (χ2n) is 6.10. The number of benzene rings is 1. The summed E-state index contributed by atoms with van der Waals surface area (Å²) in [6, 6.07) is 1.70. The van der Waals surface area contributed by atoms with E-state index in [4.69, 9.17) is 4.42 Å². The van der Waals surface area contributed by atoms with Gasteiger partial charge in [-0.05, 0) is 24.8 Å². The smallest absolute Gasteiger partial charge is 0.314 e. The van der Waals surface area contributed by atoms with Crippen LogP contribution in [-0.2, 0) is 0 Å². The fraction of sp³-hybridized carbons (Fsp3) is 0.353. The number of oxazole rings is 1. The zero-order valence-electron chi connectivity index (χ0n) is 13.8. The van der Waals surface area contributed by atoms with Gasteiger partial charge in [0.1, 0.15) is 17.9 Å². The van der Waals surface area contributed by atoms with E-state index >= 15 is 0 Å². The highest BCUT2D eigenvalue weighted by atomic mass is 19.1. The van der Waals surface area contributed by atoms with Gasteiger partial charge in [0.05, 0.1) is 6.04 Å². The van der Waals surface area contributed by atoms with Crippen molar-refractivity contribution in [3.63, 3.8) is 0 Å². The maximum absolute atomic E-state index is 14.1. The van der Waals surface area contributed by atoms with E-state index in [9.17, 15) is 18.4 Å². The quantitative estimate of drug-likeness (QED) is 0.701. The highest BCUT2D eigenvalue weighted by molar-refractivity contribution is 5.92. The Morgan fingerprint density at radius 3 is 2.73 bits per heavy atom. The number of rotatable bonds is 7. The normalized spacial score (nSPS) is 14.5. The van der Waals surface area contributed by atoms with Crippen molar-refractivity contribution in [2.24, 2.45) is 5.92 Å². The second-order valence-corrected chi connectivity index (χ2v) is 6.10. The monoisotopic (exact) mass is 364 g/mol. The lowest BCUT2D eigenvalue weighted by Gasteiger charge is -2.20. The van der Waals surface area contributed by atoms with Gasteiger partial charge in [-0.3, -0.25) is 4.79 Å². The van der Waals surface area contributed by atoms with E-state index in [-0.39, 0.29) is 17.8 Å². The Labute approximate surface area is 148 Å². The van der Waals surface area contributed by atoms with E-state index in [1.807, 2.05) is 0 Å². The summed E-state index contributed by atoms with van der Waals surface area (Å²) in [4.78, 5) is 27.7. The zero-order valence-corrected chi connectivity index (χ0v) is 13.8. The minimum Gasteiger partial charge on any atom is -0.451 e. The van der Waals surface area contributed by atoms with Crippen LogP contribution in [0, 0.1) is 17.6 Å². The summed E-state index contributed by atoms with van der Waals surface area (Å²) in [5.74, 6) is -1.65. The number of aromatic nitrogens is 1. The number of carbonyl (C=O) groups excluding carboxylic acids is 2. The first-order chi connectivity index (χ1) is 12.5. The Balaban J connectivity index is 1.67. The Kier molecular flexibility index (Phi) is 5.45. The molecule has 2 aromatic rings. The summed E-state index contributed by atoms with van der Waals surface area (Å²) >= 11 is 0. The van der Waals surface area contributed by atoms with Crippen LogP contribution < -0.4 is 16.0 Å². The molecule has 1 fully saturated rings.